The number of amides is 3. The summed E-state index contributed by atoms with van der Waals surface area (Å²) in [5, 5.41) is 11.3. The van der Waals surface area contributed by atoms with E-state index in [0.29, 0.717) is 13.1 Å². The van der Waals surface area contributed by atoms with Gasteiger partial charge < -0.3 is 20.2 Å². The molecule has 0 atom stereocenters. The molecule has 0 saturated heterocycles. The number of aliphatic carboxylic acids is 1. The first-order valence-electron chi connectivity index (χ1n) is 7.37. The Hall–Kier alpha value is -1.79. The summed E-state index contributed by atoms with van der Waals surface area (Å²) in [6.45, 7) is 9.18. The predicted octanol–water partition coefficient (Wildman–Crippen LogP) is 1.14. The molecule has 0 bridgehead atoms. The van der Waals surface area contributed by atoms with Crippen LogP contribution in [0.5, 0.6) is 0 Å². The van der Waals surface area contributed by atoms with Crippen molar-refractivity contribution >= 4 is 17.9 Å². The lowest BCUT2D eigenvalue weighted by Gasteiger charge is -2.26. The quantitative estimate of drug-likeness (QED) is 0.668. The summed E-state index contributed by atoms with van der Waals surface area (Å²) < 4.78 is 0. The molecule has 122 valence electrons. The molecule has 7 nitrogen and oxygen atoms in total. The lowest BCUT2D eigenvalue weighted by molar-refractivity contribution is -0.137. The largest absolute Gasteiger partial charge is 0.481 e. The highest BCUT2D eigenvalue weighted by Gasteiger charge is 2.18. The summed E-state index contributed by atoms with van der Waals surface area (Å²) in [6.07, 6.45) is 0.155. The van der Waals surface area contributed by atoms with Crippen LogP contribution in [0.25, 0.3) is 0 Å². The van der Waals surface area contributed by atoms with Crippen molar-refractivity contribution < 1.29 is 19.5 Å². The molecule has 2 N–H and O–H groups in total. The zero-order valence-electron chi connectivity index (χ0n) is 13.4. The van der Waals surface area contributed by atoms with Crippen molar-refractivity contribution in [2.75, 3.05) is 26.2 Å². The van der Waals surface area contributed by atoms with Crippen molar-refractivity contribution in [3.05, 3.63) is 0 Å². The number of hydrogen-bond acceptors (Lipinski definition) is 3. The molecule has 0 fully saturated rings. The van der Waals surface area contributed by atoms with Gasteiger partial charge in [0, 0.05) is 38.6 Å². The molecule has 0 aromatic rings. The lowest BCUT2D eigenvalue weighted by atomic mass is 10.3. The second kappa shape index (κ2) is 10.0. The van der Waals surface area contributed by atoms with Gasteiger partial charge in [-0.3, -0.25) is 9.59 Å². The molecule has 0 aliphatic carbocycles. The molecule has 3 amide bonds. The molecule has 0 radical (unpaired) electrons. The van der Waals surface area contributed by atoms with Gasteiger partial charge in [0.2, 0.25) is 5.91 Å². The van der Waals surface area contributed by atoms with Crippen LogP contribution in [0.2, 0.25) is 0 Å². The van der Waals surface area contributed by atoms with Crippen molar-refractivity contribution in [1.82, 2.24) is 15.1 Å². The number of nitrogens with zero attached hydrogens (tertiary/aromatic N) is 2. The molecule has 0 aliphatic heterocycles. The Morgan fingerprint density at radius 2 is 1.67 bits per heavy atom. The number of carbonyl (C=O) groups excluding carboxylic acids is 2. The van der Waals surface area contributed by atoms with E-state index in [-0.39, 0.29) is 43.9 Å². The van der Waals surface area contributed by atoms with Crippen LogP contribution in [0.15, 0.2) is 0 Å². The maximum Gasteiger partial charge on any atom is 0.317 e. The van der Waals surface area contributed by atoms with Gasteiger partial charge in [0.05, 0.1) is 6.42 Å². The Kier molecular flexibility index (Phi) is 9.16. The maximum atomic E-state index is 12.0. The molecule has 0 unspecified atom stereocenters. The average molecular weight is 301 g/mol. The van der Waals surface area contributed by atoms with Crippen LogP contribution < -0.4 is 5.32 Å². The van der Waals surface area contributed by atoms with Crippen LogP contribution >= 0.6 is 0 Å². The third-order valence-electron chi connectivity index (χ3n) is 3.18. The number of carboxylic acids is 1. The summed E-state index contributed by atoms with van der Waals surface area (Å²) in [5.74, 6) is -0.938. The van der Waals surface area contributed by atoms with E-state index in [2.05, 4.69) is 5.32 Å². The van der Waals surface area contributed by atoms with Crippen LogP contribution in [-0.4, -0.2) is 65.0 Å². The van der Waals surface area contributed by atoms with Crippen molar-refractivity contribution in [3.8, 4) is 0 Å². The smallest absolute Gasteiger partial charge is 0.317 e. The van der Waals surface area contributed by atoms with Crippen molar-refractivity contribution in [1.29, 1.82) is 0 Å². The zero-order valence-corrected chi connectivity index (χ0v) is 13.4. The van der Waals surface area contributed by atoms with E-state index >= 15 is 0 Å². The van der Waals surface area contributed by atoms with Gasteiger partial charge >= 0.3 is 12.0 Å². The molecule has 0 rings (SSSR count). The minimum absolute atomic E-state index is 0.00179. The SMILES string of the molecule is CCN(CC)C(=O)CCNC(=O)N(CCC(=O)O)C(C)C. The predicted molar refractivity (Wildman–Crippen MR) is 80.0 cm³/mol. The average Bonchev–Trinajstić information content (AvgIpc) is 2.39. The minimum atomic E-state index is -0.940. The Morgan fingerprint density at radius 1 is 1.10 bits per heavy atom. The standard InChI is InChI=1S/C14H27N3O4/c1-5-16(6-2)12(18)7-9-15-14(21)17(11(3)4)10-8-13(19)20/h11H,5-10H2,1-4H3,(H,15,21)(H,19,20). The van der Waals surface area contributed by atoms with Crippen LogP contribution in [0.1, 0.15) is 40.5 Å². The van der Waals surface area contributed by atoms with E-state index in [1.165, 1.54) is 4.90 Å². The van der Waals surface area contributed by atoms with Crippen molar-refractivity contribution in [3.63, 3.8) is 0 Å². The monoisotopic (exact) mass is 301 g/mol. The second-order valence-corrected chi connectivity index (χ2v) is 4.98. The first kappa shape index (κ1) is 19.2. The van der Waals surface area contributed by atoms with E-state index in [1.54, 1.807) is 4.90 Å². The first-order chi connectivity index (χ1) is 9.83. The summed E-state index contributed by atoms with van der Waals surface area (Å²) in [5.41, 5.74) is 0. The van der Waals surface area contributed by atoms with Gasteiger partial charge in [-0.15, -0.1) is 0 Å². The Morgan fingerprint density at radius 3 is 2.10 bits per heavy atom. The first-order valence-corrected chi connectivity index (χ1v) is 7.37. The van der Waals surface area contributed by atoms with Crippen molar-refractivity contribution in [2.24, 2.45) is 0 Å². The van der Waals surface area contributed by atoms with E-state index in [4.69, 9.17) is 5.11 Å². The summed E-state index contributed by atoms with van der Waals surface area (Å²) in [7, 11) is 0. The fourth-order valence-corrected chi connectivity index (χ4v) is 1.92. The topological polar surface area (TPSA) is 90.0 Å². The van der Waals surface area contributed by atoms with Crippen LogP contribution in [-0.2, 0) is 9.59 Å². The Balaban J connectivity index is 4.25. The molecular formula is C14H27N3O4. The molecule has 0 saturated carbocycles. The van der Waals surface area contributed by atoms with Crippen molar-refractivity contribution in [2.45, 2.75) is 46.6 Å². The number of hydrogen-bond donors (Lipinski definition) is 2. The number of urea groups is 1. The van der Waals surface area contributed by atoms with Gasteiger partial charge in [0.1, 0.15) is 0 Å². The van der Waals surface area contributed by atoms with Gasteiger partial charge in [-0.05, 0) is 27.7 Å². The minimum Gasteiger partial charge on any atom is -0.481 e. The molecule has 0 aromatic carbocycles. The highest BCUT2D eigenvalue weighted by Crippen LogP contribution is 2.01. The van der Waals surface area contributed by atoms with Gasteiger partial charge in [-0.2, -0.15) is 0 Å². The van der Waals surface area contributed by atoms with E-state index in [0.717, 1.165) is 0 Å². The number of nitrogens with one attached hydrogen (secondary N) is 1. The van der Waals surface area contributed by atoms with Gasteiger partial charge in [0.25, 0.3) is 0 Å². The van der Waals surface area contributed by atoms with Crippen LogP contribution in [0.3, 0.4) is 0 Å². The maximum absolute atomic E-state index is 12.0. The third-order valence-corrected chi connectivity index (χ3v) is 3.18. The second-order valence-electron chi connectivity index (χ2n) is 4.98. The highest BCUT2D eigenvalue weighted by atomic mass is 16.4. The van der Waals surface area contributed by atoms with E-state index in [9.17, 15) is 14.4 Å². The number of carbonyl (C=O) groups is 3. The van der Waals surface area contributed by atoms with Crippen LogP contribution in [0, 0.1) is 0 Å². The molecule has 0 spiro atoms. The van der Waals surface area contributed by atoms with E-state index in [1.807, 2.05) is 27.7 Å². The normalized spacial score (nSPS) is 10.3. The Labute approximate surface area is 126 Å². The molecule has 0 aliphatic rings. The van der Waals surface area contributed by atoms with Gasteiger partial charge in [-0.25, -0.2) is 4.79 Å². The summed E-state index contributed by atoms with van der Waals surface area (Å²) in [4.78, 5) is 37.5. The highest BCUT2D eigenvalue weighted by molar-refractivity contribution is 5.78. The molecule has 21 heavy (non-hydrogen) atoms. The van der Waals surface area contributed by atoms with Gasteiger partial charge in [0.15, 0.2) is 0 Å². The zero-order chi connectivity index (χ0) is 16.4. The fourth-order valence-electron chi connectivity index (χ4n) is 1.92. The summed E-state index contributed by atoms with van der Waals surface area (Å²) in [6, 6.07) is -0.429. The molecule has 7 heteroatoms. The summed E-state index contributed by atoms with van der Waals surface area (Å²) >= 11 is 0. The van der Waals surface area contributed by atoms with E-state index < -0.39 is 5.97 Å². The lowest BCUT2D eigenvalue weighted by Crippen LogP contribution is -2.46. The molecule has 0 aromatic heterocycles. The fraction of sp³-hybridized carbons (Fsp3) is 0.786. The molecular weight excluding hydrogens is 274 g/mol. The van der Waals surface area contributed by atoms with Gasteiger partial charge in [-0.1, -0.05) is 0 Å². The Bertz CT molecular complexity index is 354. The number of carboxylic acid groups (broad SMARTS) is 1. The third kappa shape index (κ3) is 7.53. The number of rotatable bonds is 9. The van der Waals surface area contributed by atoms with Crippen LogP contribution in [0.4, 0.5) is 4.79 Å². The molecule has 0 heterocycles.